The first-order valence-corrected chi connectivity index (χ1v) is 8.66. The van der Waals surface area contributed by atoms with E-state index in [-0.39, 0.29) is 5.41 Å². The van der Waals surface area contributed by atoms with Crippen LogP contribution in [0.2, 0.25) is 0 Å². The number of hydrogen-bond acceptors (Lipinski definition) is 2. The van der Waals surface area contributed by atoms with Crippen molar-refractivity contribution in [3.05, 3.63) is 35.4 Å². The fraction of sp³-hybridized carbons (Fsp3) is 0.684. The summed E-state index contributed by atoms with van der Waals surface area (Å²) in [7, 11) is 0. The molecule has 3 rings (SSSR count). The molecule has 0 aromatic heterocycles. The van der Waals surface area contributed by atoms with Crippen LogP contribution in [0.25, 0.3) is 0 Å². The van der Waals surface area contributed by atoms with E-state index in [9.17, 15) is 5.11 Å². The third kappa shape index (κ3) is 3.02. The van der Waals surface area contributed by atoms with Crippen LogP contribution in [0.3, 0.4) is 0 Å². The van der Waals surface area contributed by atoms with Crippen LogP contribution in [0.15, 0.2) is 24.3 Å². The molecule has 21 heavy (non-hydrogen) atoms. The number of aliphatic hydroxyl groups excluding tert-OH is 1. The summed E-state index contributed by atoms with van der Waals surface area (Å²) in [5.74, 6) is 1.57. The maximum atomic E-state index is 11.0. The highest BCUT2D eigenvalue weighted by molar-refractivity contribution is 5.31. The molecular weight excluding hydrogens is 258 g/mol. The summed E-state index contributed by atoms with van der Waals surface area (Å²) >= 11 is 0. The zero-order valence-corrected chi connectivity index (χ0v) is 13.2. The van der Waals surface area contributed by atoms with Crippen molar-refractivity contribution in [3.63, 3.8) is 0 Å². The van der Waals surface area contributed by atoms with Crippen LogP contribution in [-0.2, 0) is 0 Å². The second kappa shape index (κ2) is 6.10. The van der Waals surface area contributed by atoms with Gasteiger partial charge in [0.2, 0.25) is 0 Å². The molecule has 2 fully saturated rings. The summed E-state index contributed by atoms with van der Waals surface area (Å²) in [6.45, 7) is 2.87. The van der Waals surface area contributed by atoms with Gasteiger partial charge in [-0.2, -0.15) is 0 Å². The number of aliphatic hydroxyl groups is 1. The normalized spacial score (nSPS) is 31.1. The Morgan fingerprint density at radius 1 is 1.24 bits per heavy atom. The van der Waals surface area contributed by atoms with Crippen molar-refractivity contribution in [1.29, 1.82) is 0 Å². The Hall–Kier alpha value is -0.860. The van der Waals surface area contributed by atoms with Gasteiger partial charge in [-0.1, -0.05) is 37.6 Å². The van der Waals surface area contributed by atoms with Crippen molar-refractivity contribution < 1.29 is 5.11 Å². The fourth-order valence-corrected chi connectivity index (χ4v) is 4.00. The summed E-state index contributed by atoms with van der Waals surface area (Å²) in [4.78, 5) is 0. The summed E-state index contributed by atoms with van der Waals surface area (Å²) in [6.07, 6.45) is 8.03. The molecule has 2 nitrogen and oxygen atoms in total. The van der Waals surface area contributed by atoms with E-state index in [1.54, 1.807) is 0 Å². The van der Waals surface area contributed by atoms with Gasteiger partial charge >= 0.3 is 0 Å². The number of benzene rings is 1. The molecule has 2 aliphatic rings. The fourth-order valence-electron chi connectivity index (χ4n) is 4.00. The van der Waals surface area contributed by atoms with E-state index in [1.165, 1.54) is 37.7 Å². The smallest absolute Gasteiger partial charge is 0.0858 e. The van der Waals surface area contributed by atoms with Gasteiger partial charge in [0.25, 0.3) is 0 Å². The molecule has 2 saturated carbocycles. The van der Waals surface area contributed by atoms with Crippen molar-refractivity contribution in [2.45, 2.75) is 63.9 Å². The zero-order chi connectivity index (χ0) is 14.9. The van der Waals surface area contributed by atoms with Crippen molar-refractivity contribution in [2.75, 3.05) is 6.54 Å². The topological polar surface area (TPSA) is 46.2 Å². The molecule has 1 atom stereocenters. The van der Waals surface area contributed by atoms with Gasteiger partial charge in [0, 0.05) is 12.0 Å². The number of nitrogens with two attached hydrogens (primary N) is 1. The molecule has 0 saturated heterocycles. The molecule has 0 radical (unpaired) electrons. The molecule has 0 heterocycles. The number of rotatable bonds is 5. The van der Waals surface area contributed by atoms with Crippen molar-refractivity contribution in [1.82, 2.24) is 0 Å². The summed E-state index contributed by atoms with van der Waals surface area (Å²) in [5.41, 5.74) is 8.50. The molecule has 1 aromatic rings. The molecule has 0 amide bonds. The quantitative estimate of drug-likeness (QED) is 0.855. The Morgan fingerprint density at radius 2 is 1.95 bits per heavy atom. The molecule has 0 spiro atoms. The van der Waals surface area contributed by atoms with E-state index in [0.717, 1.165) is 30.2 Å². The molecular formula is C19H29NO. The molecule has 1 unspecified atom stereocenters. The molecule has 3 N–H and O–H groups in total. The monoisotopic (exact) mass is 287 g/mol. The predicted octanol–water partition coefficient (Wildman–Crippen LogP) is 4.14. The minimum atomic E-state index is -0.404. The highest BCUT2D eigenvalue weighted by Crippen LogP contribution is 2.48. The molecule has 0 bridgehead atoms. The van der Waals surface area contributed by atoms with E-state index in [1.807, 2.05) is 0 Å². The van der Waals surface area contributed by atoms with Gasteiger partial charge in [0.15, 0.2) is 0 Å². The van der Waals surface area contributed by atoms with E-state index in [0.29, 0.717) is 6.54 Å². The Kier molecular flexibility index (Phi) is 4.37. The molecule has 0 aliphatic heterocycles. The largest absolute Gasteiger partial charge is 0.388 e. The Morgan fingerprint density at radius 3 is 2.52 bits per heavy atom. The highest BCUT2D eigenvalue weighted by Gasteiger charge is 2.40. The van der Waals surface area contributed by atoms with Gasteiger partial charge in [-0.3, -0.25) is 0 Å². The standard InChI is InChI=1S/C19H29NO/c1-2-14-8-10-19(13-20,11-9-14)18(21)17-5-3-4-16(12-17)15-6-7-15/h3-5,12,14-15,18,21H,2,6-11,13,20H2,1H3. The van der Waals surface area contributed by atoms with Gasteiger partial charge in [-0.05, 0) is 61.5 Å². The van der Waals surface area contributed by atoms with Gasteiger partial charge < -0.3 is 10.8 Å². The van der Waals surface area contributed by atoms with Crippen LogP contribution < -0.4 is 5.73 Å². The lowest BCUT2D eigenvalue weighted by Crippen LogP contribution is -2.40. The van der Waals surface area contributed by atoms with Gasteiger partial charge in [-0.15, -0.1) is 0 Å². The van der Waals surface area contributed by atoms with Crippen LogP contribution in [-0.4, -0.2) is 11.7 Å². The van der Waals surface area contributed by atoms with Crippen LogP contribution in [0.5, 0.6) is 0 Å². The lowest BCUT2D eigenvalue weighted by molar-refractivity contribution is -0.0103. The van der Waals surface area contributed by atoms with E-state index in [2.05, 4.69) is 31.2 Å². The summed E-state index contributed by atoms with van der Waals surface area (Å²) in [6, 6.07) is 8.62. The third-order valence-electron chi connectivity index (χ3n) is 5.94. The SMILES string of the molecule is CCC1CCC(CN)(C(O)c2cccc(C3CC3)c2)CC1. The average Bonchev–Trinajstić information content (AvgIpc) is 3.39. The molecule has 1 aromatic carbocycles. The van der Waals surface area contributed by atoms with Crippen LogP contribution >= 0.6 is 0 Å². The van der Waals surface area contributed by atoms with Gasteiger partial charge in [-0.25, -0.2) is 0 Å². The van der Waals surface area contributed by atoms with Crippen LogP contribution in [0.4, 0.5) is 0 Å². The van der Waals surface area contributed by atoms with Crippen LogP contribution in [0, 0.1) is 11.3 Å². The Bertz CT molecular complexity index is 472. The Balaban J connectivity index is 1.78. The van der Waals surface area contributed by atoms with Crippen molar-refractivity contribution in [3.8, 4) is 0 Å². The van der Waals surface area contributed by atoms with Crippen LogP contribution in [0.1, 0.15) is 75.0 Å². The number of hydrogen-bond donors (Lipinski definition) is 2. The third-order valence-corrected chi connectivity index (χ3v) is 5.94. The minimum Gasteiger partial charge on any atom is -0.388 e. The van der Waals surface area contributed by atoms with E-state index < -0.39 is 6.10 Å². The minimum absolute atomic E-state index is 0.103. The maximum Gasteiger partial charge on any atom is 0.0858 e. The highest BCUT2D eigenvalue weighted by atomic mass is 16.3. The van der Waals surface area contributed by atoms with E-state index >= 15 is 0 Å². The maximum absolute atomic E-state index is 11.0. The molecule has 116 valence electrons. The first kappa shape index (κ1) is 15.1. The lowest BCUT2D eigenvalue weighted by Gasteiger charge is -2.43. The molecule has 2 heteroatoms. The zero-order valence-electron chi connectivity index (χ0n) is 13.2. The lowest BCUT2D eigenvalue weighted by atomic mass is 9.65. The van der Waals surface area contributed by atoms with Crippen molar-refractivity contribution >= 4 is 0 Å². The first-order chi connectivity index (χ1) is 10.2. The summed E-state index contributed by atoms with van der Waals surface area (Å²) in [5, 5.41) is 11.0. The van der Waals surface area contributed by atoms with Gasteiger partial charge in [0.1, 0.15) is 0 Å². The second-order valence-corrected chi connectivity index (χ2v) is 7.27. The van der Waals surface area contributed by atoms with Crippen molar-refractivity contribution in [2.24, 2.45) is 17.1 Å². The first-order valence-electron chi connectivity index (χ1n) is 8.66. The summed E-state index contributed by atoms with van der Waals surface area (Å²) < 4.78 is 0. The second-order valence-electron chi connectivity index (χ2n) is 7.27. The Labute approximate surface area is 128 Å². The average molecular weight is 287 g/mol. The van der Waals surface area contributed by atoms with Gasteiger partial charge in [0.05, 0.1) is 6.10 Å². The molecule has 2 aliphatic carbocycles. The predicted molar refractivity (Wildman–Crippen MR) is 87.1 cm³/mol. The van der Waals surface area contributed by atoms with E-state index in [4.69, 9.17) is 5.73 Å².